The molecule has 1 aromatic rings. The SMILES string of the molecule is CC(C)(C)OC(=O)N(C(=O)OC(C)(C)C)c1cnc(C(=O)[O-])cn1.[Na+]. The summed E-state index contributed by atoms with van der Waals surface area (Å²) in [5.41, 5.74) is -2.17. The van der Waals surface area contributed by atoms with Crippen molar-refractivity contribution in [3.8, 4) is 0 Å². The molecule has 132 valence electrons. The molecule has 0 N–H and O–H groups in total. The van der Waals surface area contributed by atoms with Gasteiger partial charge in [-0.15, -0.1) is 0 Å². The number of hydrogen-bond acceptors (Lipinski definition) is 8. The van der Waals surface area contributed by atoms with Crippen LogP contribution in [0, 0.1) is 0 Å². The number of ether oxygens (including phenoxy) is 2. The monoisotopic (exact) mass is 361 g/mol. The van der Waals surface area contributed by atoms with E-state index in [2.05, 4.69) is 9.97 Å². The Labute approximate surface area is 168 Å². The molecule has 0 aliphatic heterocycles. The first-order valence-electron chi connectivity index (χ1n) is 7.09. The summed E-state index contributed by atoms with van der Waals surface area (Å²) in [6, 6.07) is 0. The van der Waals surface area contributed by atoms with Crippen LogP contribution in [0.4, 0.5) is 15.4 Å². The largest absolute Gasteiger partial charge is 1.00 e. The number of rotatable bonds is 2. The third kappa shape index (κ3) is 7.80. The predicted octanol–water partition coefficient (Wildman–Crippen LogP) is -1.48. The minimum Gasteiger partial charge on any atom is -0.543 e. The second-order valence-electron chi connectivity index (χ2n) is 6.84. The van der Waals surface area contributed by atoms with E-state index in [-0.39, 0.29) is 35.4 Å². The van der Waals surface area contributed by atoms with Crippen molar-refractivity contribution >= 4 is 24.0 Å². The van der Waals surface area contributed by atoms with Gasteiger partial charge in [0.1, 0.15) is 16.9 Å². The molecular weight excluding hydrogens is 341 g/mol. The van der Waals surface area contributed by atoms with Gasteiger partial charge in [-0.25, -0.2) is 19.6 Å². The molecule has 0 spiro atoms. The number of hydrogen-bond donors (Lipinski definition) is 0. The van der Waals surface area contributed by atoms with E-state index in [1.54, 1.807) is 41.5 Å². The van der Waals surface area contributed by atoms with Crippen LogP contribution in [0.1, 0.15) is 52.0 Å². The predicted molar refractivity (Wildman–Crippen MR) is 81.3 cm³/mol. The zero-order valence-electron chi connectivity index (χ0n) is 15.4. The summed E-state index contributed by atoms with van der Waals surface area (Å²) in [4.78, 5) is 43.2. The van der Waals surface area contributed by atoms with Crippen LogP contribution in [0.3, 0.4) is 0 Å². The Bertz CT molecular complexity index is 606. The van der Waals surface area contributed by atoms with E-state index in [1.165, 1.54) is 0 Å². The Morgan fingerprint density at radius 3 is 1.64 bits per heavy atom. The smallest absolute Gasteiger partial charge is 0.543 e. The molecule has 2 amide bonds. The van der Waals surface area contributed by atoms with Crippen molar-refractivity contribution in [1.29, 1.82) is 0 Å². The maximum absolute atomic E-state index is 12.3. The van der Waals surface area contributed by atoms with E-state index in [9.17, 15) is 19.5 Å². The maximum atomic E-state index is 12.3. The van der Waals surface area contributed by atoms with E-state index < -0.39 is 35.1 Å². The van der Waals surface area contributed by atoms with Crippen LogP contribution in [0.5, 0.6) is 0 Å². The van der Waals surface area contributed by atoms with E-state index in [1.807, 2.05) is 0 Å². The molecule has 1 rings (SSSR count). The fourth-order valence-electron chi connectivity index (χ4n) is 1.42. The van der Waals surface area contributed by atoms with Gasteiger partial charge in [0.05, 0.1) is 18.4 Å². The third-order valence-corrected chi connectivity index (χ3v) is 2.23. The Kier molecular flexibility index (Phi) is 8.00. The van der Waals surface area contributed by atoms with Crippen molar-refractivity contribution in [2.24, 2.45) is 0 Å². The summed E-state index contributed by atoms with van der Waals surface area (Å²) >= 11 is 0. The normalized spacial score (nSPS) is 11.1. The quantitative estimate of drug-likeness (QED) is 0.585. The number of nitrogens with zero attached hydrogens (tertiary/aromatic N) is 3. The number of imide groups is 1. The number of aromatic nitrogens is 2. The number of aromatic carboxylic acids is 1. The summed E-state index contributed by atoms with van der Waals surface area (Å²) in [5.74, 6) is -1.77. The number of carbonyl (C=O) groups is 3. The van der Waals surface area contributed by atoms with Crippen molar-refractivity contribution in [3.63, 3.8) is 0 Å². The van der Waals surface area contributed by atoms with Gasteiger partial charge in [-0.05, 0) is 41.5 Å². The second-order valence-corrected chi connectivity index (χ2v) is 6.84. The number of amides is 2. The molecule has 0 saturated heterocycles. The summed E-state index contributed by atoms with van der Waals surface area (Å²) in [5, 5.41) is 10.7. The van der Waals surface area contributed by atoms with Gasteiger partial charge >= 0.3 is 41.7 Å². The van der Waals surface area contributed by atoms with Crippen LogP contribution in [-0.2, 0) is 9.47 Å². The van der Waals surface area contributed by atoms with Gasteiger partial charge in [-0.3, -0.25) is 0 Å². The van der Waals surface area contributed by atoms with Gasteiger partial charge in [0.15, 0.2) is 5.82 Å². The summed E-state index contributed by atoms with van der Waals surface area (Å²) in [6.07, 6.45) is -0.231. The molecule has 1 aromatic heterocycles. The molecule has 0 unspecified atom stereocenters. The van der Waals surface area contributed by atoms with Crippen LogP contribution in [0.15, 0.2) is 12.4 Å². The fourth-order valence-corrected chi connectivity index (χ4v) is 1.42. The minimum absolute atomic E-state index is 0. The number of carboxylic acids is 1. The molecule has 0 bridgehead atoms. The zero-order chi connectivity index (χ0) is 18.7. The van der Waals surface area contributed by atoms with E-state index >= 15 is 0 Å². The zero-order valence-corrected chi connectivity index (χ0v) is 17.4. The summed E-state index contributed by atoms with van der Waals surface area (Å²) in [6.45, 7) is 9.77. The molecular formula is C15H20N3NaO6. The second kappa shape index (κ2) is 8.59. The Morgan fingerprint density at radius 2 is 1.36 bits per heavy atom. The Morgan fingerprint density at radius 1 is 0.920 bits per heavy atom. The molecule has 25 heavy (non-hydrogen) atoms. The molecule has 9 nitrogen and oxygen atoms in total. The molecule has 1 heterocycles. The third-order valence-electron chi connectivity index (χ3n) is 2.23. The van der Waals surface area contributed by atoms with Gasteiger partial charge in [0, 0.05) is 0 Å². The minimum atomic E-state index is -1.53. The summed E-state index contributed by atoms with van der Waals surface area (Å²) < 4.78 is 10.3. The van der Waals surface area contributed by atoms with Crippen LogP contribution in [0.2, 0.25) is 0 Å². The van der Waals surface area contributed by atoms with Gasteiger partial charge in [-0.2, -0.15) is 4.90 Å². The van der Waals surface area contributed by atoms with Crippen LogP contribution in [0.25, 0.3) is 0 Å². The van der Waals surface area contributed by atoms with Crippen LogP contribution < -0.4 is 39.6 Å². The van der Waals surface area contributed by atoms with Crippen LogP contribution in [-0.4, -0.2) is 39.3 Å². The Hall–Kier alpha value is -1.71. The summed E-state index contributed by atoms with van der Waals surface area (Å²) in [7, 11) is 0. The molecule has 0 aliphatic rings. The van der Waals surface area contributed by atoms with Gasteiger partial charge in [0.25, 0.3) is 0 Å². The van der Waals surface area contributed by atoms with Gasteiger partial charge in [0.2, 0.25) is 0 Å². The van der Waals surface area contributed by atoms with Crippen LogP contribution >= 0.6 is 0 Å². The van der Waals surface area contributed by atoms with Crippen molar-refractivity contribution in [1.82, 2.24) is 9.97 Å². The van der Waals surface area contributed by atoms with Crippen molar-refractivity contribution in [2.45, 2.75) is 52.7 Å². The molecule has 0 saturated carbocycles. The van der Waals surface area contributed by atoms with E-state index in [4.69, 9.17) is 9.47 Å². The maximum Gasteiger partial charge on any atom is 1.00 e. The van der Waals surface area contributed by atoms with Gasteiger partial charge < -0.3 is 19.4 Å². The molecule has 0 radical (unpaired) electrons. The first-order chi connectivity index (χ1) is 10.8. The molecule has 0 fully saturated rings. The fraction of sp³-hybridized carbons (Fsp3) is 0.533. The van der Waals surface area contributed by atoms with Crippen molar-refractivity contribution in [3.05, 3.63) is 18.1 Å². The average molecular weight is 361 g/mol. The molecule has 0 aliphatic carbocycles. The topological polar surface area (TPSA) is 122 Å². The number of carbonyl (C=O) groups excluding carboxylic acids is 3. The Balaban J connectivity index is 0.00000576. The van der Waals surface area contributed by atoms with E-state index in [0.717, 1.165) is 12.4 Å². The first-order valence-corrected chi connectivity index (χ1v) is 7.09. The average Bonchev–Trinajstić information content (AvgIpc) is 2.34. The van der Waals surface area contributed by atoms with Crippen molar-refractivity contribution < 1.29 is 58.5 Å². The molecule has 0 aromatic carbocycles. The standard InChI is InChI=1S/C15H21N3O6.Na/c1-14(2,3)23-12(21)18(13(22)24-15(4,5)6)10-8-16-9(7-17-10)11(19)20;/h7-8H,1-6H3,(H,19,20);/q;+1/p-1. The number of carboxylic acid groups (broad SMARTS) is 1. The molecule has 0 atom stereocenters. The van der Waals surface area contributed by atoms with Gasteiger partial charge in [-0.1, -0.05) is 0 Å². The van der Waals surface area contributed by atoms with Crippen molar-refractivity contribution in [2.75, 3.05) is 4.90 Å². The van der Waals surface area contributed by atoms with E-state index in [0.29, 0.717) is 4.90 Å². The first kappa shape index (κ1) is 23.3. The molecule has 10 heteroatoms. The number of anilines is 1.